The van der Waals surface area contributed by atoms with E-state index in [-0.39, 0.29) is 0 Å². The fourth-order valence-electron chi connectivity index (χ4n) is 6.30. The molecule has 0 aliphatic heterocycles. The minimum Gasteiger partial charge on any atom is -0.456 e. The largest absolute Gasteiger partial charge is 0.456 e. The summed E-state index contributed by atoms with van der Waals surface area (Å²) in [6.45, 7) is 0. The molecule has 0 unspecified atom stereocenters. The Hall–Kier alpha value is -6.07. The lowest BCUT2D eigenvalue weighted by atomic mass is 10.0. The van der Waals surface area contributed by atoms with Crippen LogP contribution in [0.3, 0.4) is 0 Å². The predicted octanol–water partition coefficient (Wildman–Crippen LogP) is 9.87. The zero-order chi connectivity index (χ0) is 29.0. The molecule has 0 bridgehead atoms. The Morgan fingerprint density at radius 1 is 0.409 bits per heavy atom. The number of rotatable bonds is 4. The highest BCUT2D eigenvalue weighted by molar-refractivity contribution is 6.16. The van der Waals surface area contributed by atoms with Crippen LogP contribution in [-0.4, -0.2) is 19.5 Å². The molecule has 0 saturated carbocycles. The van der Waals surface area contributed by atoms with E-state index in [2.05, 4.69) is 71.3 Å². The first-order chi connectivity index (χ1) is 21.8. The molecule has 0 atom stereocenters. The van der Waals surface area contributed by atoms with Gasteiger partial charge in [-0.2, -0.15) is 0 Å². The third-order valence-corrected chi connectivity index (χ3v) is 8.26. The van der Waals surface area contributed by atoms with Gasteiger partial charge in [0.2, 0.25) is 0 Å². The summed E-state index contributed by atoms with van der Waals surface area (Å²) in [4.78, 5) is 15.2. The van der Waals surface area contributed by atoms with Crippen molar-refractivity contribution >= 4 is 43.7 Å². The standard InChI is InChI=1S/C39H24N4O/c1-3-13-25(14-4-1)37-40-38(26-15-5-2-6-16-26)42-39(41-37)30-23-24-34-35(29-19-9-12-22-33(29)44-34)36(30)43-31-20-10-7-17-27(31)28-18-8-11-21-32(28)43/h1-24H. The van der Waals surface area contributed by atoms with Crippen LogP contribution in [-0.2, 0) is 0 Å². The van der Waals surface area contributed by atoms with E-state index < -0.39 is 0 Å². The number of nitrogens with zero attached hydrogens (tertiary/aromatic N) is 4. The third-order valence-electron chi connectivity index (χ3n) is 8.26. The van der Waals surface area contributed by atoms with Gasteiger partial charge in [-0.25, -0.2) is 15.0 Å². The van der Waals surface area contributed by atoms with E-state index in [0.717, 1.165) is 55.3 Å². The van der Waals surface area contributed by atoms with Gasteiger partial charge in [0.25, 0.3) is 0 Å². The molecular weight excluding hydrogens is 540 g/mol. The van der Waals surface area contributed by atoms with E-state index in [9.17, 15) is 0 Å². The zero-order valence-electron chi connectivity index (χ0n) is 23.6. The second-order valence-corrected chi connectivity index (χ2v) is 10.8. The van der Waals surface area contributed by atoms with Crippen molar-refractivity contribution in [3.05, 3.63) is 146 Å². The van der Waals surface area contributed by atoms with Gasteiger partial charge in [-0.1, -0.05) is 115 Å². The van der Waals surface area contributed by atoms with Gasteiger partial charge < -0.3 is 8.98 Å². The van der Waals surface area contributed by atoms with Crippen molar-refractivity contribution in [2.45, 2.75) is 0 Å². The number of fused-ring (bicyclic) bond motifs is 6. The van der Waals surface area contributed by atoms with Crippen LogP contribution < -0.4 is 0 Å². The van der Waals surface area contributed by atoms with Gasteiger partial charge in [0.1, 0.15) is 11.2 Å². The Kier molecular flexibility index (Phi) is 5.43. The first-order valence-corrected chi connectivity index (χ1v) is 14.6. The van der Waals surface area contributed by atoms with Crippen molar-refractivity contribution in [2.75, 3.05) is 0 Å². The smallest absolute Gasteiger partial charge is 0.166 e. The summed E-state index contributed by atoms with van der Waals surface area (Å²) in [5, 5.41) is 4.43. The van der Waals surface area contributed by atoms with Crippen LogP contribution in [0.1, 0.15) is 0 Å². The lowest BCUT2D eigenvalue weighted by Gasteiger charge is -2.16. The van der Waals surface area contributed by atoms with Crippen LogP contribution in [0.25, 0.3) is 83.6 Å². The first kappa shape index (κ1) is 24.5. The number of hydrogen-bond acceptors (Lipinski definition) is 4. The average Bonchev–Trinajstić information content (AvgIpc) is 3.64. The van der Waals surface area contributed by atoms with Crippen molar-refractivity contribution in [1.82, 2.24) is 19.5 Å². The Morgan fingerprint density at radius 3 is 1.52 bits per heavy atom. The molecule has 0 fully saturated rings. The molecule has 9 rings (SSSR count). The molecule has 3 aromatic heterocycles. The maximum absolute atomic E-state index is 6.43. The summed E-state index contributed by atoms with van der Waals surface area (Å²) < 4.78 is 8.77. The quantitative estimate of drug-likeness (QED) is 0.213. The zero-order valence-corrected chi connectivity index (χ0v) is 23.6. The van der Waals surface area contributed by atoms with E-state index >= 15 is 0 Å². The van der Waals surface area contributed by atoms with E-state index in [4.69, 9.17) is 19.4 Å². The summed E-state index contributed by atoms with van der Waals surface area (Å²) in [6, 6.07) is 49.6. The maximum Gasteiger partial charge on any atom is 0.166 e. The van der Waals surface area contributed by atoms with Gasteiger partial charge in [-0.3, -0.25) is 0 Å². The van der Waals surface area contributed by atoms with Crippen LogP contribution in [0.4, 0.5) is 0 Å². The highest BCUT2D eigenvalue weighted by Gasteiger charge is 2.23. The molecule has 0 amide bonds. The summed E-state index contributed by atoms with van der Waals surface area (Å²) in [7, 11) is 0. The molecule has 0 aliphatic rings. The SMILES string of the molecule is c1ccc(-c2nc(-c3ccccc3)nc(-c3ccc4oc5ccccc5c4c3-n3c4ccccc4c4ccccc43)n2)cc1. The van der Waals surface area contributed by atoms with Crippen LogP contribution in [0.5, 0.6) is 0 Å². The van der Waals surface area contributed by atoms with Gasteiger partial charge in [0, 0.05) is 32.8 Å². The van der Waals surface area contributed by atoms with Gasteiger partial charge in [-0.15, -0.1) is 0 Å². The molecule has 0 aliphatic carbocycles. The van der Waals surface area contributed by atoms with Crippen molar-refractivity contribution in [2.24, 2.45) is 0 Å². The maximum atomic E-state index is 6.43. The van der Waals surface area contributed by atoms with Crippen molar-refractivity contribution in [1.29, 1.82) is 0 Å². The molecule has 5 nitrogen and oxygen atoms in total. The Balaban J connectivity index is 1.45. The molecule has 0 N–H and O–H groups in total. The van der Waals surface area contributed by atoms with Gasteiger partial charge >= 0.3 is 0 Å². The van der Waals surface area contributed by atoms with Crippen LogP contribution in [0.2, 0.25) is 0 Å². The summed E-state index contributed by atoms with van der Waals surface area (Å²) in [6.07, 6.45) is 0. The second-order valence-electron chi connectivity index (χ2n) is 10.8. The fourth-order valence-corrected chi connectivity index (χ4v) is 6.30. The van der Waals surface area contributed by atoms with Crippen molar-refractivity contribution < 1.29 is 4.42 Å². The second kappa shape index (κ2) is 9.75. The molecular formula is C39H24N4O. The minimum absolute atomic E-state index is 0.599. The van der Waals surface area contributed by atoms with E-state index in [0.29, 0.717) is 17.5 Å². The molecule has 5 heteroatoms. The average molecular weight is 565 g/mol. The van der Waals surface area contributed by atoms with Crippen LogP contribution >= 0.6 is 0 Å². The molecule has 44 heavy (non-hydrogen) atoms. The molecule has 9 aromatic rings. The fraction of sp³-hybridized carbons (Fsp3) is 0. The normalized spacial score (nSPS) is 11.6. The van der Waals surface area contributed by atoms with E-state index in [1.165, 1.54) is 10.8 Å². The lowest BCUT2D eigenvalue weighted by Crippen LogP contribution is -2.04. The lowest BCUT2D eigenvalue weighted by molar-refractivity contribution is 0.669. The number of hydrogen-bond donors (Lipinski definition) is 0. The van der Waals surface area contributed by atoms with Crippen LogP contribution in [0.15, 0.2) is 150 Å². The Bertz CT molecular complexity index is 2380. The topological polar surface area (TPSA) is 56.7 Å². The molecule has 3 heterocycles. The summed E-state index contributed by atoms with van der Waals surface area (Å²) in [5.41, 5.74) is 7.60. The molecule has 206 valence electrons. The molecule has 0 radical (unpaired) electrons. The van der Waals surface area contributed by atoms with E-state index in [1.807, 2.05) is 78.9 Å². The van der Waals surface area contributed by atoms with Crippen molar-refractivity contribution in [3.8, 4) is 39.9 Å². The van der Waals surface area contributed by atoms with E-state index in [1.54, 1.807) is 0 Å². The number of para-hydroxylation sites is 3. The number of furan rings is 1. The molecule has 0 spiro atoms. The predicted molar refractivity (Wildman–Crippen MR) is 178 cm³/mol. The highest BCUT2D eigenvalue weighted by Crippen LogP contribution is 2.43. The van der Waals surface area contributed by atoms with Crippen molar-refractivity contribution in [3.63, 3.8) is 0 Å². The number of aromatic nitrogens is 4. The summed E-state index contributed by atoms with van der Waals surface area (Å²) in [5.74, 6) is 1.85. The minimum atomic E-state index is 0.599. The van der Waals surface area contributed by atoms with Gasteiger partial charge in [-0.05, 0) is 30.3 Å². The third kappa shape index (κ3) is 3.76. The van der Waals surface area contributed by atoms with Gasteiger partial charge in [0.15, 0.2) is 17.5 Å². The Labute approximate surface area is 252 Å². The summed E-state index contributed by atoms with van der Waals surface area (Å²) >= 11 is 0. The highest BCUT2D eigenvalue weighted by atomic mass is 16.3. The molecule has 6 aromatic carbocycles. The monoisotopic (exact) mass is 564 g/mol. The van der Waals surface area contributed by atoms with Gasteiger partial charge in [0.05, 0.1) is 22.1 Å². The van der Waals surface area contributed by atoms with Crippen LogP contribution in [0, 0.1) is 0 Å². The first-order valence-electron chi connectivity index (χ1n) is 14.6. The molecule has 0 saturated heterocycles. The Morgan fingerprint density at radius 2 is 0.909 bits per heavy atom. The number of benzene rings is 6.